The maximum Gasteiger partial charge on any atom is 0.322 e. The number of anilines is 1. The van der Waals surface area contributed by atoms with Crippen LogP contribution in [0.25, 0.3) is 0 Å². The van der Waals surface area contributed by atoms with Gasteiger partial charge in [-0.3, -0.25) is 9.78 Å². The second kappa shape index (κ2) is 8.39. The summed E-state index contributed by atoms with van der Waals surface area (Å²) in [5.41, 5.74) is 6.01. The van der Waals surface area contributed by atoms with Crippen molar-refractivity contribution in [1.29, 1.82) is 0 Å². The number of carbonyl (C=O) groups excluding carboxylic acids is 2. The highest BCUT2D eigenvalue weighted by atomic mass is 16.5. The number of nitrogens with one attached hydrogen (secondary N) is 1. The number of ether oxygens (including phenoxy) is 2. The van der Waals surface area contributed by atoms with Crippen LogP contribution in [-0.4, -0.2) is 48.1 Å². The van der Waals surface area contributed by atoms with Crippen molar-refractivity contribution >= 4 is 17.6 Å². The number of likely N-dealkylation sites (tertiary alicyclic amines) is 1. The Bertz CT molecular complexity index is 827. The number of rotatable bonds is 5. The Morgan fingerprint density at radius 1 is 1.30 bits per heavy atom. The number of benzene rings is 1. The molecule has 1 aliphatic heterocycles. The first-order valence-corrected chi connectivity index (χ1v) is 8.68. The van der Waals surface area contributed by atoms with E-state index in [2.05, 4.69) is 10.3 Å². The summed E-state index contributed by atoms with van der Waals surface area (Å²) in [6, 6.07) is 10.2. The highest BCUT2D eigenvalue weighted by molar-refractivity contribution is 5.91. The van der Waals surface area contributed by atoms with Crippen LogP contribution in [0.5, 0.6) is 11.5 Å². The number of urea groups is 1. The molecule has 0 spiro atoms. The van der Waals surface area contributed by atoms with Gasteiger partial charge in [0, 0.05) is 18.8 Å². The van der Waals surface area contributed by atoms with Crippen molar-refractivity contribution < 1.29 is 19.1 Å². The van der Waals surface area contributed by atoms with E-state index in [-0.39, 0.29) is 17.8 Å². The number of carbonyl (C=O) groups is 2. The van der Waals surface area contributed by atoms with Crippen LogP contribution in [-0.2, 0) is 0 Å². The van der Waals surface area contributed by atoms with Crippen LogP contribution in [0.15, 0.2) is 42.6 Å². The van der Waals surface area contributed by atoms with Gasteiger partial charge in [-0.05, 0) is 31.0 Å². The molecule has 1 aromatic carbocycles. The van der Waals surface area contributed by atoms with Crippen LogP contribution in [0.1, 0.15) is 23.3 Å². The summed E-state index contributed by atoms with van der Waals surface area (Å²) in [4.78, 5) is 29.5. The van der Waals surface area contributed by atoms with Crippen molar-refractivity contribution in [2.75, 3.05) is 25.5 Å². The van der Waals surface area contributed by atoms with Crippen LogP contribution < -0.4 is 20.5 Å². The molecule has 3 rings (SSSR count). The van der Waals surface area contributed by atoms with Gasteiger partial charge in [-0.25, -0.2) is 4.79 Å². The zero-order valence-electron chi connectivity index (χ0n) is 15.1. The summed E-state index contributed by atoms with van der Waals surface area (Å²) in [6.07, 6.45) is 2.93. The van der Waals surface area contributed by atoms with Gasteiger partial charge in [-0.15, -0.1) is 0 Å². The predicted octanol–water partition coefficient (Wildman–Crippen LogP) is 2.26. The van der Waals surface area contributed by atoms with E-state index in [1.165, 1.54) is 12.3 Å². The lowest BCUT2D eigenvalue weighted by atomic mass is 10.1. The Morgan fingerprint density at radius 3 is 2.89 bits per heavy atom. The molecule has 0 bridgehead atoms. The lowest BCUT2D eigenvalue weighted by molar-refractivity contribution is 0.0989. The second-order valence-electron chi connectivity index (χ2n) is 6.20. The fraction of sp³-hybridized carbons (Fsp3) is 0.316. The van der Waals surface area contributed by atoms with Gasteiger partial charge in [-0.1, -0.05) is 12.1 Å². The third kappa shape index (κ3) is 4.66. The first-order chi connectivity index (χ1) is 13.1. The van der Waals surface area contributed by atoms with E-state index in [1.807, 2.05) is 12.1 Å². The van der Waals surface area contributed by atoms with Crippen LogP contribution in [0.2, 0.25) is 0 Å². The summed E-state index contributed by atoms with van der Waals surface area (Å²) >= 11 is 0. The first kappa shape index (κ1) is 18.5. The zero-order chi connectivity index (χ0) is 19.2. The second-order valence-corrected chi connectivity index (χ2v) is 6.20. The van der Waals surface area contributed by atoms with Crippen molar-refractivity contribution in [3.05, 3.63) is 48.3 Å². The number of nitrogens with zero attached hydrogens (tertiary/aromatic N) is 2. The van der Waals surface area contributed by atoms with E-state index >= 15 is 0 Å². The Labute approximate surface area is 157 Å². The Balaban J connectivity index is 1.62. The molecule has 2 heterocycles. The maximum absolute atomic E-state index is 12.6. The number of hydrogen-bond acceptors (Lipinski definition) is 5. The topological polar surface area (TPSA) is 107 Å². The molecule has 1 atom stereocenters. The SMILES string of the molecule is COc1ccccc1NC(=O)N1CCCC(Oc2ccnc(C(N)=O)c2)C1. The number of nitrogens with two attached hydrogens (primary N) is 1. The number of amides is 3. The third-order valence-corrected chi connectivity index (χ3v) is 4.30. The van der Waals surface area contributed by atoms with E-state index in [4.69, 9.17) is 15.2 Å². The molecule has 1 fully saturated rings. The molecule has 0 saturated carbocycles. The van der Waals surface area contributed by atoms with Gasteiger partial charge in [0.1, 0.15) is 23.3 Å². The Kier molecular flexibility index (Phi) is 5.75. The summed E-state index contributed by atoms with van der Waals surface area (Å²) in [5.74, 6) is 0.504. The van der Waals surface area contributed by atoms with E-state index in [0.717, 1.165) is 12.8 Å². The van der Waals surface area contributed by atoms with E-state index < -0.39 is 5.91 Å². The molecule has 8 nitrogen and oxygen atoms in total. The molecule has 1 aliphatic rings. The molecule has 3 N–H and O–H groups in total. The van der Waals surface area contributed by atoms with E-state index in [1.54, 1.807) is 30.2 Å². The molecular formula is C19H22N4O4. The molecule has 1 aromatic heterocycles. The standard InChI is InChI=1S/C19H22N4O4/c1-26-17-7-3-2-6-15(17)22-19(25)23-10-4-5-14(12-23)27-13-8-9-21-16(11-13)18(20)24/h2-3,6-9,11,14H,4-5,10,12H2,1H3,(H2,20,24)(H,22,25). The lowest BCUT2D eigenvalue weighted by Gasteiger charge is -2.33. The molecule has 0 radical (unpaired) electrons. The molecule has 2 aromatic rings. The number of aromatic nitrogens is 1. The average Bonchev–Trinajstić information content (AvgIpc) is 2.69. The molecule has 1 unspecified atom stereocenters. The number of methoxy groups -OCH3 is 1. The van der Waals surface area contributed by atoms with Crippen molar-refractivity contribution in [2.45, 2.75) is 18.9 Å². The number of pyridine rings is 1. The maximum atomic E-state index is 12.6. The van der Waals surface area contributed by atoms with Gasteiger partial charge in [-0.2, -0.15) is 0 Å². The monoisotopic (exact) mass is 370 g/mol. The van der Waals surface area contributed by atoms with Crippen LogP contribution >= 0.6 is 0 Å². The number of para-hydroxylation sites is 2. The normalized spacial score (nSPS) is 16.5. The van der Waals surface area contributed by atoms with Crippen LogP contribution in [0, 0.1) is 0 Å². The van der Waals surface area contributed by atoms with Crippen molar-refractivity contribution in [3.8, 4) is 11.5 Å². The Hall–Kier alpha value is -3.29. The lowest BCUT2D eigenvalue weighted by Crippen LogP contribution is -2.46. The van der Waals surface area contributed by atoms with Gasteiger partial charge in [0.15, 0.2) is 0 Å². The van der Waals surface area contributed by atoms with Crippen LogP contribution in [0.4, 0.5) is 10.5 Å². The van der Waals surface area contributed by atoms with Gasteiger partial charge in [0.05, 0.1) is 19.3 Å². The van der Waals surface area contributed by atoms with Gasteiger partial charge in [0.25, 0.3) is 5.91 Å². The summed E-state index contributed by atoms with van der Waals surface area (Å²) < 4.78 is 11.2. The molecule has 8 heteroatoms. The third-order valence-electron chi connectivity index (χ3n) is 4.30. The highest BCUT2D eigenvalue weighted by Crippen LogP contribution is 2.24. The molecule has 142 valence electrons. The predicted molar refractivity (Wildman–Crippen MR) is 100.0 cm³/mol. The van der Waals surface area contributed by atoms with Crippen molar-refractivity contribution in [2.24, 2.45) is 5.73 Å². The number of hydrogen-bond donors (Lipinski definition) is 2. The fourth-order valence-corrected chi connectivity index (χ4v) is 2.97. The molecule has 3 amide bonds. The Morgan fingerprint density at radius 2 is 2.11 bits per heavy atom. The first-order valence-electron chi connectivity index (χ1n) is 8.68. The van der Waals surface area contributed by atoms with Gasteiger partial charge >= 0.3 is 6.03 Å². The molecule has 0 aliphatic carbocycles. The fourth-order valence-electron chi connectivity index (χ4n) is 2.97. The van der Waals surface area contributed by atoms with E-state index in [0.29, 0.717) is 30.3 Å². The van der Waals surface area contributed by atoms with Crippen molar-refractivity contribution in [3.63, 3.8) is 0 Å². The largest absolute Gasteiger partial charge is 0.495 e. The van der Waals surface area contributed by atoms with E-state index in [9.17, 15) is 9.59 Å². The summed E-state index contributed by atoms with van der Waals surface area (Å²) in [6.45, 7) is 1.08. The minimum Gasteiger partial charge on any atom is -0.495 e. The minimum absolute atomic E-state index is 0.147. The number of piperidine rings is 1. The number of primary amides is 1. The molecular weight excluding hydrogens is 348 g/mol. The van der Waals surface area contributed by atoms with Crippen LogP contribution in [0.3, 0.4) is 0 Å². The summed E-state index contributed by atoms with van der Waals surface area (Å²) in [5, 5.41) is 2.87. The smallest absolute Gasteiger partial charge is 0.322 e. The van der Waals surface area contributed by atoms with Gasteiger partial charge in [0.2, 0.25) is 0 Å². The average molecular weight is 370 g/mol. The molecule has 27 heavy (non-hydrogen) atoms. The van der Waals surface area contributed by atoms with Crippen molar-refractivity contribution in [1.82, 2.24) is 9.88 Å². The minimum atomic E-state index is -0.609. The zero-order valence-corrected chi connectivity index (χ0v) is 15.1. The van der Waals surface area contributed by atoms with Gasteiger partial charge < -0.3 is 25.4 Å². The quantitative estimate of drug-likeness (QED) is 0.840. The molecule has 1 saturated heterocycles. The summed E-state index contributed by atoms with van der Waals surface area (Å²) in [7, 11) is 1.56. The highest BCUT2D eigenvalue weighted by Gasteiger charge is 2.25.